The minimum absolute atomic E-state index is 0. The van der Waals surface area contributed by atoms with Gasteiger partial charge in [-0.1, -0.05) is 6.92 Å². The first-order valence-electron chi connectivity index (χ1n) is 6.98. The molecule has 0 aromatic carbocycles. The van der Waals surface area contributed by atoms with Crippen molar-refractivity contribution >= 4 is 12.4 Å². The SMILES string of the molecule is CCCn1cc(CNCc2c(C)cnn2CC)cn1.Cl. The van der Waals surface area contributed by atoms with Crippen LogP contribution in [0.3, 0.4) is 0 Å². The molecule has 2 rings (SSSR count). The minimum atomic E-state index is 0. The second-order valence-electron chi connectivity index (χ2n) is 4.81. The fraction of sp³-hybridized carbons (Fsp3) is 0.571. The molecule has 20 heavy (non-hydrogen) atoms. The van der Waals surface area contributed by atoms with Crippen LogP contribution in [0, 0.1) is 6.92 Å². The molecule has 0 saturated heterocycles. The van der Waals surface area contributed by atoms with Gasteiger partial charge in [-0.2, -0.15) is 10.2 Å². The molecule has 2 aromatic heterocycles. The van der Waals surface area contributed by atoms with Gasteiger partial charge in [-0.05, 0) is 25.8 Å². The van der Waals surface area contributed by atoms with Crippen molar-refractivity contribution < 1.29 is 0 Å². The summed E-state index contributed by atoms with van der Waals surface area (Å²) in [6.07, 6.45) is 7.09. The summed E-state index contributed by atoms with van der Waals surface area (Å²) in [6, 6.07) is 0. The second kappa shape index (κ2) is 8.07. The van der Waals surface area contributed by atoms with Gasteiger partial charge in [0.25, 0.3) is 0 Å². The van der Waals surface area contributed by atoms with E-state index in [1.165, 1.54) is 16.8 Å². The van der Waals surface area contributed by atoms with Gasteiger partial charge in [0.05, 0.1) is 18.1 Å². The molecule has 0 aliphatic rings. The van der Waals surface area contributed by atoms with E-state index >= 15 is 0 Å². The van der Waals surface area contributed by atoms with Crippen molar-refractivity contribution in [3.8, 4) is 0 Å². The Bertz CT molecular complexity index is 517. The predicted octanol–water partition coefficient (Wildman–Crippen LogP) is 2.53. The predicted molar refractivity (Wildman–Crippen MR) is 82.9 cm³/mol. The van der Waals surface area contributed by atoms with E-state index in [4.69, 9.17) is 0 Å². The molecule has 2 aromatic rings. The highest BCUT2D eigenvalue weighted by Crippen LogP contribution is 2.07. The first kappa shape index (κ1) is 16.7. The van der Waals surface area contributed by atoms with Crippen LogP contribution in [0.2, 0.25) is 0 Å². The number of nitrogens with zero attached hydrogens (tertiary/aromatic N) is 4. The number of nitrogens with one attached hydrogen (secondary N) is 1. The maximum absolute atomic E-state index is 4.35. The lowest BCUT2D eigenvalue weighted by atomic mass is 10.2. The summed E-state index contributed by atoms with van der Waals surface area (Å²) in [5.41, 5.74) is 3.74. The Morgan fingerprint density at radius 1 is 1.15 bits per heavy atom. The molecule has 0 bridgehead atoms. The first-order chi connectivity index (χ1) is 9.24. The van der Waals surface area contributed by atoms with Crippen LogP contribution in [-0.2, 0) is 26.2 Å². The fourth-order valence-corrected chi connectivity index (χ4v) is 2.18. The normalized spacial score (nSPS) is 10.6. The van der Waals surface area contributed by atoms with Gasteiger partial charge in [-0.25, -0.2) is 0 Å². The molecular weight excluding hydrogens is 274 g/mol. The molecule has 6 heteroatoms. The van der Waals surface area contributed by atoms with E-state index in [9.17, 15) is 0 Å². The molecule has 0 fully saturated rings. The van der Waals surface area contributed by atoms with Crippen molar-refractivity contribution in [3.63, 3.8) is 0 Å². The smallest absolute Gasteiger partial charge is 0.0551 e. The summed E-state index contributed by atoms with van der Waals surface area (Å²) in [7, 11) is 0. The van der Waals surface area contributed by atoms with Crippen molar-refractivity contribution in [1.82, 2.24) is 24.9 Å². The molecule has 1 N–H and O–H groups in total. The molecule has 0 unspecified atom stereocenters. The third-order valence-corrected chi connectivity index (χ3v) is 3.22. The summed E-state index contributed by atoms with van der Waals surface area (Å²) in [4.78, 5) is 0. The molecule has 0 saturated carbocycles. The molecule has 0 spiro atoms. The summed E-state index contributed by atoms with van der Waals surface area (Å²) in [6.45, 7) is 9.98. The largest absolute Gasteiger partial charge is 0.307 e. The fourth-order valence-electron chi connectivity index (χ4n) is 2.18. The second-order valence-corrected chi connectivity index (χ2v) is 4.81. The number of hydrogen-bond acceptors (Lipinski definition) is 3. The highest BCUT2D eigenvalue weighted by atomic mass is 35.5. The number of halogens is 1. The quantitative estimate of drug-likeness (QED) is 0.854. The van der Waals surface area contributed by atoms with Crippen molar-refractivity contribution in [2.45, 2.75) is 53.4 Å². The van der Waals surface area contributed by atoms with E-state index in [1.54, 1.807) is 0 Å². The van der Waals surface area contributed by atoms with Crippen LogP contribution in [0.4, 0.5) is 0 Å². The van der Waals surface area contributed by atoms with Gasteiger partial charge >= 0.3 is 0 Å². The molecule has 0 radical (unpaired) electrons. The van der Waals surface area contributed by atoms with Crippen LogP contribution >= 0.6 is 12.4 Å². The van der Waals surface area contributed by atoms with Crippen molar-refractivity contribution in [1.29, 1.82) is 0 Å². The third kappa shape index (κ3) is 4.08. The zero-order valence-electron chi connectivity index (χ0n) is 12.5. The molecule has 0 atom stereocenters. The maximum Gasteiger partial charge on any atom is 0.0551 e. The standard InChI is InChI=1S/C14H23N5.ClH/c1-4-6-18-11-13(9-16-18)8-15-10-14-12(3)7-17-19(14)5-2;/h7,9,11,15H,4-6,8,10H2,1-3H3;1H. The van der Waals surface area contributed by atoms with Crippen LogP contribution in [0.5, 0.6) is 0 Å². The third-order valence-electron chi connectivity index (χ3n) is 3.22. The lowest BCUT2D eigenvalue weighted by Gasteiger charge is -2.07. The first-order valence-corrected chi connectivity index (χ1v) is 6.98. The van der Waals surface area contributed by atoms with E-state index in [2.05, 4.69) is 42.5 Å². The van der Waals surface area contributed by atoms with Crippen LogP contribution in [0.1, 0.15) is 37.1 Å². The molecule has 0 amide bonds. The van der Waals surface area contributed by atoms with Crippen molar-refractivity contribution in [3.05, 3.63) is 35.4 Å². The number of hydrogen-bond donors (Lipinski definition) is 1. The van der Waals surface area contributed by atoms with Crippen LogP contribution in [0.25, 0.3) is 0 Å². The van der Waals surface area contributed by atoms with Gasteiger partial charge in [-0.15, -0.1) is 12.4 Å². The number of aryl methyl sites for hydroxylation is 3. The average molecular weight is 298 g/mol. The summed E-state index contributed by atoms with van der Waals surface area (Å²) in [5, 5.41) is 12.1. The molecule has 2 heterocycles. The summed E-state index contributed by atoms with van der Waals surface area (Å²) < 4.78 is 4.04. The number of rotatable bonds is 7. The zero-order valence-corrected chi connectivity index (χ0v) is 13.3. The lowest BCUT2D eigenvalue weighted by molar-refractivity contribution is 0.578. The van der Waals surface area contributed by atoms with E-state index in [0.29, 0.717) is 0 Å². The van der Waals surface area contributed by atoms with Crippen LogP contribution in [0.15, 0.2) is 18.6 Å². The van der Waals surface area contributed by atoms with Crippen molar-refractivity contribution in [2.75, 3.05) is 0 Å². The monoisotopic (exact) mass is 297 g/mol. The van der Waals surface area contributed by atoms with E-state index in [1.807, 2.05) is 21.8 Å². The molecule has 0 aliphatic heterocycles. The van der Waals surface area contributed by atoms with Gasteiger partial charge < -0.3 is 5.32 Å². The van der Waals surface area contributed by atoms with Crippen molar-refractivity contribution in [2.24, 2.45) is 0 Å². The summed E-state index contributed by atoms with van der Waals surface area (Å²) >= 11 is 0. The number of aromatic nitrogens is 4. The zero-order chi connectivity index (χ0) is 13.7. The van der Waals surface area contributed by atoms with Crippen LogP contribution < -0.4 is 5.32 Å². The molecule has 112 valence electrons. The Labute approximate surface area is 126 Å². The maximum atomic E-state index is 4.35. The van der Waals surface area contributed by atoms with E-state index < -0.39 is 0 Å². The van der Waals surface area contributed by atoms with E-state index in [0.717, 1.165) is 32.6 Å². The highest BCUT2D eigenvalue weighted by Gasteiger charge is 2.05. The minimum Gasteiger partial charge on any atom is -0.307 e. The van der Waals surface area contributed by atoms with Gasteiger partial charge in [-0.3, -0.25) is 9.36 Å². The van der Waals surface area contributed by atoms with Crippen LogP contribution in [-0.4, -0.2) is 19.6 Å². The Morgan fingerprint density at radius 2 is 1.95 bits per heavy atom. The Hall–Kier alpha value is -1.33. The Balaban J connectivity index is 0.00000200. The molecule has 0 aliphatic carbocycles. The Kier molecular flexibility index (Phi) is 6.75. The summed E-state index contributed by atoms with van der Waals surface area (Å²) in [5.74, 6) is 0. The Morgan fingerprint density at radius 3 is 2.65 bits per heavy atom. The molecular formula is C14H24ClN5. The van der Waals surface area contributed by atoms with E-state index in [-0.39, 0.29) is 12.4 Å². The lowest BCUT2D eigenvalue weighted by Crippen LogP contribution is -2.16. The van der Waals surface area contributed by atoms with Gasteiger partial charge in [0, 0.05) is 37.9 Å². The van der Waals surface area contributed by atoms with Gasteiger partial charge in [0.1, 0.15) is 0 Å². The topological polar surface area (TPSA) is 47.7 Å². The van der Waals surface area contributed by atoms with Gasteiger partial charge in [0.2, 0.25) is 0 Å². The average Bonchev–Trinajstić information content (AvgIpc) is 2.98. The highest BCUT2D eigenvalue weighted by molar-refractivity contribution is 5.85. The molecule has 5 nitrogen and oxygen atoms in total. The van der Waals surface area contributed by atoms with Gasteiger partial charge in [0.15, 0.2) is 0 Å².